The summed E-state index contributed by atoms with van der Waals surface area (Å²) in [6.45, 7) is 18.3. The molecule has 0 amide bonds. The van der Waals surface area contributed by atoms with E-state index in [4.69, 9.17) is 0 Å². The minimum absolute atomic E-state index is 0.114. The summed E-state index contributed by atoms with van der Waals surface area (Å²) >= 11 is 0. The molecule has 0 spiro atoms. The third kappa shape index (κ3) is 4.16. The largest absolute Gasteiger partial charge is 0.397 e. The molecule has 0 aliphatic carbocycles. The van der Waals surface area contributed by atoms with Gasteiger partial charge in [0.1, 0.15) is 7.05 Å². The molecular formula is C24H35F3NSi+. The molecular weight excluding hydrogens is 387 g/mol. The van der Waals surface area contributed by atoms with Crippen LogP contribution < -0.4 is 4.57 Å². The summed E-state index contributed by atoms with van der Waals surface area (Å²) in [7, 11) is 0.566. The summed E-state index contributed by atoms with van der Waals surface area (Å²) in [6.07, 6.45) is -2.08. The monoisotopic (exact) mass is 422 g/mol. The van der Waals surface area contributed by atoms with Crippen LogP contribution in [0.4, 0.5) is 13.2 Å². The number of alkyl halides is 3. The van der Waals surface area contributed by atoms with Gasteiger partial charge in [-0.15, -0.1) is 0 Å². The van der Waals surface area contributed by atoms with Gasteiger partial charge in [-0.25, -0.2) is 4.57 Å². The van der Waals surface area contributed by atoms with Gasteiger partial charge in [-0.1, -0.05) is 45.6 Å². The van der Waals surface area contributed by atoms with Gasteiger partial charge in [-0.3, -0.25) is 0 Å². The van der Waals surface area contributed by atoms with Crippen molar-refractivity contribution in [2.75, 3.05) is 0 Å². The molecule has 1 heterocycles. The molecule has 0 fully saturated rings. The topological polar surface area (TPSA) is 3.88 Å². The van der Waals surface area contributed by atoms with Crippen LogP contribution in [0.15, 0.2) is 30.5 Å². The van der Waals surface area contributed by atoms with Crippen LogP contribution in [-0.2, 0) is 17.5 Å². The van der Waals surface area contributed by atoms with Gasteiger partial charge in [0.15, 0.2) is 6.20 Å². The van der Waals surface area contributed by atoms with E-state index in [1.165, 1.54) is 25.0 Å². The zero-order valence-electron chi connectivity index (χ0n) is 19.5. The van der Waals surface area contributed by atoms with Gasteiger partial charge in [-0.2, -0.15) is 13.2 Å². The van der Waals surface area contributed by atoms with Crippen LogP contribution in [0.2, 0.25) is 19.6 Å². The van der Waals surface area contributed by atoms with Gasteiger partial charge >= 0.3 is 6.18 Å². The summed E-state index contributed by atoms with van der Waals surface area (Å²) in [6, 6.07) is 7.30. The highest BCUT2D eigenvalue weighted by atomic mass is 28.3. The fourth-order valence-corrected chi connectivity index (χ4v) is 4.65. The molecule has 0 aliphatic heterocycles. The molecule has 0 unspecified atom stereocenters. The van der Waals surface area contributed by atoms with Gasteiger partial charge < -0.3 is 0 Å². The first-order valence-electron chi connectivity index (χ1n) is 10.1. The Bertz CT molecular complexity index is 919. The minimum Gasteiger partial charge on any atom is -0.201 e. The number of hydrogen-bond donors (Lipinski definition) is 0. The Balaban J connectivity index is 2.59. The molecule has 0 N–H and O–H groups in total. The van der Waals surface area contributed by atoms with Crippen LogP contribution in [0, 0.1) is 13.8 Å². The summed E-state index contributed by atoms with van der Waals surface area (Å²) in [5, 5.41) is 0.114. The highest BCUT2D eigenvalue weighted by Crippen LogP contribution is 2.41. The van der Waals surface area contributed by atoms with E-state index in [0.717, 1.165) is 16.8 Å². The number of aromatic nitrogens is 1. The third-order valence-corrected chi connectivity index (χ3v) is 11.0. The molecule has 0 saturated carbocycles. The van der Waals surface area contributed by atoms with Gasteiger partial charge in [0.05, 0.1) is 13.5 Å². The van der Waals surface area contributed by atoms with Gasteiger partial charge in [-0.05, 0) is 55.5 Å². The lowest BCUT2D eigenvalue weighted by atomic mass is 9.82. The number of benzene rings is 1. The molecule has 0 aliphatic rings. The van der Waals surface area contributed by atoms with E-state index in [1.54, 1.807) is 12.1 Å². The molecule has 0 radical (unpaired) electrons. The van der Waals surface area contributed by atoms with Crippen molar-refractivity contribution in [1.29, 1.82) is 0 Å². The van der Waals surface area contributed by atoms with Gasteiger partial charge in [0.2, 0.25) is 5.69 Å². The van der Waals surface area contributed by atoms with Crippen molar-refractivity contribution < 1.29 is 17.7 Å². The number of hydrogen-bond acceptors (Lipinski definition) is 0. The van der Waals surface area contributed by atoms with E-state index in [-0.39, 0.29) is 5.04 Å². The third-order valence-electron chi connectivity index (χ3n) is 6.96. The van der Waals surface area contributed by atoms with Crippen LogP contribution >= 0.6 is 0 Å². The molecule has 2 aromatic rings. The Labute approximate surface area is 175 Å². The Hall–Kier alpha value is -1.62. The fourth-order valence-electron chi connectivity index (χ4n) is 3.58. The van der Waals surface area contributed by atoms with Crippen LogP contribution in [0.25, 0.3) is 11.3 Å². The lowest BCUT2D eigenvalue weighted by molar-refractivity contribution is -0.661. The van der Waals surface area contributed by atoms with Crippen LogP contribution in [0.3, 0.4) is 0 Å². The average Bonchev–Trinajstić information content (AvgIpc) is 2.54. The number of aryl methyl sites for hydroxylation is 3. The van der Waals surface area contributed by atoms with Crippen molar-refractivity contribution in [2.45, 2.75) is 77.8 Å². The quantitative estimate of drug-likeness (QED) is 0.377. The number of pyridine rings is 1. The standard InChI is InChI=1S/C24H35F3NSi/c1-16-13-18(22(3,4)24(25,26)27)11-12-19(16)21-14-17(2)20(15-28(21)7)23(5,6)29(8,9)10/h11-15H,1-10H3/q+1. The first kappa shape index (κ1) is 23.7. The van der Waals surface area contributed by atoms with Crippen LogP contribution in [-0.4, -0.2) is 14.3 Å². The maximum absolute atomic E-state index is 13.4. The van der Waals surface area contributed by atoms with Crippen LogP contribution in [0.1, 0.15) is 49.9 Å². The van der Waals surface area contributed by atoms with Crippen molar-refractivity contribution in [2.24, 2.45) is 7.05 Å². The predicted octanol–water partition coefficient (Wildman–Crippen LogP) is 6.79. The highest BCUT2D eigenvalue weighted by molar-refractivity contribution is 6.78. The zero-order valence-corrected chi connectivity index (χ0v) is 20.5. The number of halogens is 3. The average molecular weight is 423 g/mol. The van der Waals surface area contributed by atoms with Gasteiger partial charge in [0, 0.05) is 17.2 Å². The molecule has 5 heteroatoms. The smallest absolute Gasteiger partial charge is 0.201 e. The second kappa shape index (κ2) is 7.26. The molecule has 1 aromatic heterocycles. The minimum atomic E-state index is -4.29. The lowest BCUT2D eigenvalue weighted by Gasteiger charge is -2.37. The van der Waals surface area contributed by atoms with Crippen molar-refractivity contribution in [3.05, 3.63) is 52.7 Å². The summed E-state index contributed by atoms with van der Waals surface area (Å²) in [4.78, 5) is 0. The van der Waals surface area contributed by atoms with E-state index in [9.17, 15) is 13.2 Å². The zero-order chi connectivity index (χ0) is 22.6. The molecule has 1 aromatic carbocycles. The molecule has 0 atom stereocenters. The Morgan fingerprint density at radius 1 is 0.862 bits per heavy atom. The van der Waals surface area contributed by atoms with Gasteiger partial charge in [0.25, 0.3) is 0 Å². The molecule has 29 heavy (non-hydrogen) atoms. The Morgan fingerprint density at radius 3 is 1.86 bits per heavy atom. The summed E-state index contributed by atoms with van der Waals surface area (Å²) in [5.74, 6) is 0. The van der Waals surface area contributed by atoms with Crippen molar-refractivity contribution in [3.8, 4) is 11.3 Å². The second-order valence-electron chi connectivity index (χ2n) is 10.4. The van der Waals surface area contributed by atoms with E-state index < -0.39 is 19.7 Å². The fraction of sp³-hybridized carbons (Fsp3) is 0.542. The second-order valence-corrected chi connectivity index (χ2v) is 16.1. The summed E-state index contributed by atoms with van der Waals surface area (Å²) < 4.78 is 42.4. The van der Waals surface area contributed by atoms with E-state index in [2.05, 4.69) is 57.2 Å². The predicted molar refractivity (Wildman–Crippen MR) is 118 cm³/mol. The highest BCUT2D eigenvalue weighted by Gasteiger charge is 2.48. The molecule has 1 nitrogen and oxygen atoms in total. The van der Waals surface area contributed by atoms with Crippen molar-refractivity contribution in [1.82, 2.24) is 0 Å². The number of rotatable bonds is 4. The van der Waals surface area contributed by atoms with Crippen molar-refractivity contribution in [3.63, 3.8) is 0 Å². The number of nitrogens with zero attached hydrogens (tertiary/aromatic N) is 1. The maximum atomic E-state index is 13.4. The Morgan fingerprint density at radius 2 is 1.41 bits per heavy atom. The van der Waals surface area contributed by atoms with E-state index >= 15 is 0 Å². The van der Waals surface area contributed by atoms with Crippen LogP contribution in [0.5, 0.6) is 0 Å². The first-order chi connectivity index (χ1) is 12.9. The van der Waals surface area contributed by atoms with Crippen molar-refractivity contribution >= 4 is 8.07 Å². The molecule has 0 saturated heterocycles. The molecule has 2 rings (SSSR count). The first-order valence-corrected chi connectivity index (χ1v) is 13.6. The summed E-state index contributed by atoms with van der Waals surface area (Å²) in [5.41, 5.74) is 3.83. The molecule has 160 valence electrons. The molecule has 0 bridgehead atoms. The Kier molecular flexibility index (Phi) is 5.92. The lowest BCUT2D eigenvalue weighted by Crippen LogP contribution is -2.47. The maximum Gasteiger partial charge on any atom is 0.397 e. The normalized spacial score (nSPS) is 13.7. The van der Waals surface area contributed by atoms with E-state index in [0.29, 0.717) is 5.56 Å². The SMILES string of the molecule is Cc1cc(C(C)(C)C(F)(F)F)ccc1-c1cc(C)c(C(C)(C)[Si](C)(C)C)c[n+]1C. The van der Waals surface area contributed by atoms with E-state index in [1.807, 2.05) is 20.0 Å².